The van der Waals surface area contributed by atoms with E-state index in [9.17, 15) is 4.79 Å². The van der Waals surface area contributed by atoms with Crippen molar-refractivity contribution in [3.63, 3.8) is 0 Å². The summed E-state index contributed by atoms with van der Waals surface area (Å²) in [5.74, 6) is -0.720. The fraction of sp³-hybridized carbons (Fsp3) is 0.167. The van der Waals surface area contributed by atoms with Gasteiger partial charge in [0.25, 0.3) is 0 Å². The molecule has 1 aromatic heterocycles. The van der Waals surface area contributed by atoms with Crippen LogP contribution in [-0.2, 0) is 6.54 Å². The Bertz CT molecular complexity index is 580. The molecule has 1 aromatic carbocycles. The SMILES string of the molecule is CCn1ccnc1Oc1ccc(I)cc1C(=O)O. The number of aryl methyl sites for hydroxylation is 1. The van der Waals surface area contributed by atoms with Crippen molar-refractivity contribution in [2.45, 2.75) is 13.5 Å². The van der Waals surface area contributed by atoms with Crippen LogP contribution < -0.4 is 4.74 Å². The molecule has 0 aliphatic rings. The highest BCUT2D eigenvalue weighted by molar-refractivity contribution is 14.1. The number of aromatic nitrogens is 2. The molecule has 1 N–H and O–H groups in total. The monoisotopic (exact) mass is 358 g/mol. The normalized spacial score (nSPS) is 10.3. The van der Waals surface area contributed by atoms with E-state index in [0.29, 0.717) is 18.3 Å². The van der Waals surface area contributed by atoms with Crippen molar-refractivity contribution in [2.24, 2.45) is 0 Å². The molecule has 0 amide bonds. The Kier molecular flexibility index (Phi) is 3.85. The lowest BCUT2D eigenvalue weighted by Gasteiger charge is -2.09. The number of aromatic carboxylic acids is 1. The van der Waals surface area contributed by atoms with Gasteiger partial charge in [0.2, 0.25) is 0 Å². The van der Waals surface area contributed by atoms with Gasteiger partial charge in [0.15, 0.2) is 0 Å². The molecule has 2 aromatic rings. The van der Waals surface area contributed by atoms with Crippen LogP contribution in [0.1, 0.15) is 17.3 Å². The van der Waals surface area contributed by atoms with Gasteiger partial charge in [-0.1, -0.05) is 0 Å². The molecule has 0 bridgehead atoms. The van der Waals surface area contributed by atoms with Gasteiger partial charge < -0.3 is 14.4 Å². The van der Waals surface area contributed by atoms with Crippen LogP contribution in [0.3, 0.4) is 0 Å². The zero-order valence-electron chi connectivity index (χ0n) is 9.63. The molecule has 2 rings (SSSR count). The zero-order valence-corrected chi connectivity index (χ0v) is 11.8. The number of rotatable bonds is 4. The molecule has 94 valence electrons. The zero-order chi connectivity index (χ0) is 13.1. The number of benzene rings is 1. The molecule has 0 atom stereocenters. The Morgan fingerprint density at radius 2 is 2.33 bits per heavy atom. The minimum Gasteiger partial charge on any atom is -0.478 e. The number of carboxylic acids is 1. The van der Waals surface area contributed by atoms with Gasteiger partial charge >= 0.3 is 12.0 Å². The summed E-state index contributed by atoms with van der Waals surface area (Å²) in [6.07, 6.45) is 3.40. The number of hydrogen-bond donors (Lipinski definition) is 1. The van der Waals surface area contributed by atoms with E-state index in [1.54, 1.807) is 35.2 Å². The molecular weight excluding hydrogens is 347 g/mol. The van der Waals surface area contributed by atoms with Gasteiger partial charge in [-0.3, -0.25) is 0 Å². The van der Waals surface area contributed by atoms with E-state index in [0.717, 1.165) is 3.57 Å². The molecule has 18 heavy (non-hydrogen) atoms. The molecule has 0 radical (unpaired) electrons. The van der Waals surface area contributed by atoms with Crippen LogP contribution >= 0.6 is 22.6 Å². The van der Waals surface area contributed by atoms with Crippen molar-refractivity contribution in [2.75, 3.05) is 0 Å². The smallest absolute Gasteiger partial charge is 0.339 e. The number of carboxylic acid groups (broad SMARTS) is 1. The van der Waals surface area contributed by atoms with Crippen LogP contribution in [-0.4, -0.2) is 20.6 Å². The fourth-order valence-corrected chi connectivity index (χ4v) is 1.99. The Hall–Kier alpha value is -1.57. The first kappa shape index (κ1) is 12.9. The van der Waals surface area contributed by atoms with E-state index in [1.165, 1.54) is 0 Å². The summed E-state index contributed by atoms with van der Waals surface area (Å²) in [7, 11) is 0. The maximum atomic E-state index is 11.1. The summed E-state index contributed by atoms with van der Waals surface area (Å²) < 4.78 is 8.19. The molecule has 0 unspecified atom stereocenters. The van der Waals surface area contributed by atoms with Crippen LogP contribution in [0, 0.1) is 3.57 Å². The van der Waals surface area contributed by atoms with Crippen LogP contribution in [0.15, 0.2) is 30.6 Å². The summed E-state index contributed by atoms with van der Waals surface area (Å²) in [5, 5.41) is 9.13. The van der Waals surface area contributed by atoms with Crippen molar-refractivity contribution in [3.8, 4) is 11.8 Å². The molecule has 0 saturated heterocycles. The topological polar surface area (TPSA) is 64.4 Å². The van der Waals surface area contributed by atoms with Crippen molar-refractivity contribution in [1.29, 1.82) is 0 Å². The van der Waals surface area contributed by atoms with Crippen LogP contribution in [0.5, 0.6) is 11.8 Å². The Morgan fingerprint density at radius 1 is 1.56 bits per heavy atom. The highest BCUT2D eigenvalue weighted by Gasteiger charge is 2.14. The molecule has 0 fully saturated rings. The number of carbonyl (C=O) groups is 1. The lowest BCUT2D eigenvalue weighted by molar-refractivity contribution is 0.0694. The lowest BCUT2D eigenvalue weighted by Crippen LogP contribution is -2.03. The molecule has 0 aliphatic carbocycles. The standard InChI is InChI=1S/C12H11IN2O3/c1-2-15-6-5-14-12(15)18-10-4-3-8(13)7-9(10)11(16)17/h3-7H,2H2,1H3,(H,16,17). The predicted octanol–water partition coefficient (Wildman–Crippen LogP) is 3.00. The highest BCUT2D eigenvalue weighted by Crippen LogP contribution is 2.26. The summed E-state index contributed by atoms with van der Waals surface area (Å²) in [4.78, 5) is 15.2. The summed E-state index contributed by atoms with van der Waals surface area (Å²) in [5.41, 5.74) is 0.132. The number of nitrogens with zero attached hydrogens (tertiary/aromatic N) is 2. The third kappa shape index (κ3) is 2.63. The molecule has 0 spiro atoms. The van der Waals surface area contributed by atoms with E-state index >= 15 is 0 Å². The summed E-state index contributed by atoms with van der Waals surface area (Å²) in [6.45, 7) is 2.67. The molecular formula is C12H11IN2O3. The van der Waals surface area contributed by atoms with Gasteiger partial charge in [-0.15, -0.1) is 0 Å². The van der Waals surface area contributed by atoms with Crippen molar-refractivity contribution in [3.05, 3.63) is 39.7 Å². The summed E-state index contributed by atoms with van der Waals surface area (Å²) in [6, 6.07) is 5.39. The number of hydrogen-bond acceptors (Lipinski definition) is 3. The third-order valence-corrected chi connectivity index (χ3v) is 3.06. The third-order valence-electron chi connectivity index (χ3n) is 2.39. The first-order valence-electron chi connectivity index (χ1n) is 5.33. The average Bonchev–Trinajstić information content (AvgIpc) is 2.78. The summed E-state index contributed by atoms with van der Waals surface area (Å²) >= 11 is 2.06. The molecule has 1 heterocycles. The van der Waals surface area contributed by atoms with E-state index in [-0.39, 0.29) is 5.56 Å². The Balaban J connectivity index is 2.37. The van der Waals surface area contributed by atoms with Gasteiger partial charge in [0, 0.05) is 22.5 Å². The van der Waals surface area contributed by atoms with E-state index < -0.39 is 5.97 Å². The van der Waals surface area contributed by atoms with Gasteiger partial charge in [0.1, 0.15) is 11.3 Å². The van der Waals surface area contributed by atoms with Crippen molar-refractivity contribution >= 4 is 28.6 Å². The maximum absolute atomic E-state index is 11.1. The van der Waals surface area contributed by atoms with E-state index in [4.69, 9.17) is 9.84 Å². The van der Waals surface area contributed by atoms with Crippen LogP contribution in [0.4, 0.5) is 0 Å². The first-order chi connectivity index (χ1) is 8.61. The molecule has 5 nitrogen and oxygen atoms in total. The quantitative estimate of drug-likeness (QED) is 0.854. The average molecular weight is 358 g/mol. The number of imidazole rings is 1. The number of ether oxygens (including phenoxy) is 1. The van der Waals surface area contributed by atoms with Crippen LogP contribution in [0.2, 0.25) is 0 Å². The highest BCUT2D eigenvalue weighted by atomic mass is 127. The van der Waals surface area contributed by atoms with Crippen LogP contribution in [0.25, 0.3) is 0 Å². The van der Waals surface area contributed by atoms with Crippen molar-refractivity contribution in [1.82, 2.24) is 9.55 Å². The lowest BCUT2D eigenvalue weighted by atomic mass is 10.2. The van der Waals surface area contributed by atoms with Gasteiger partial charge in [-0.25, -0.2) is 9.78 Å². The van der Waals surface area contributed by atoms with E-state index in [1.807, 2.05) is 6.92 Å². The fourth-order valence-electron chi connectivity index (χ4n) is 1.50. The maximum Gasteiger partial charge on any atom is 0.339 e. The minimum absolute atomic E-state index is 0.132. The van der Waals surface area contributed by atoms with Gasteiger partial charge in [-0.2, -0.15) is 0 Å². The van der Waals surface area contributed by atoms with E-state index in [2.05, 4.69) is 27.6 Å². The molecule has 6 heteroatoms. The van der Waals surface area contributed by atoms with Gasteiger partial charge in [-0.05, 0) is 47.7 Å². The Morgan fingerprint density at radius 3 is 3.00 bits per heavy atom. The minimum atomic E-state index is -1.02. The first-order valence-corrected chi connectivity index (χ1v) is 6.41. The van der Waals surface area contributed by atoms with Crippen molar-refractivity contribution < 1.29 is 14.6 Å². The number of halogens is 1. The molecule has 0 saturated carbocycles. The largest absolute Gasteiger partial charge is 0.478 e. The second kappa shape index (κ2) is 5.38. The molecule has 0 aliphatic heterocycles. The second-order valence-electron chi connectivity index (χ2n) is 3.54. The second-order valence-corrected chi connectivity index (χ2v) is 4.79. The Labute approximate surface area is 118 Å². The van der Waals surface area contributed by atoms with Gasteiger partial charge in [0.05, 0.1) is 0 Å². The predicted molar refractivity (Wildman–Crippen MR) is 74.1 cm³/mol.